The van der Waals surface area contributed by atoms with Gasteiger partial charge >= 0.3 is 0 Å². The van der Waals surface area contributed by atoms with Crippen LogP contribution in [0.5, 0.6) is 17.2 Å². The summed E-state index contributed by atoms with van der Waals surface area (Å²) in [5, 5.41) is 2.83. The standard InChI is InChI=1S/C18H22N2O4.ClH/c1-22-15-10-16(23-2)12-17(11-15)24-8-4-7-20-18(21)13-5-3-6-14(19)9-13;/h3,5-6,9-12H,4,7-8,19H2,1-2H3,(H,20,21);1H. The van der Waals surface area contributed by atoms with E-state index in [2.05, 4.69) is 5.32 Å². The minimum atomic E-state index is -0.148. The summed E-state index contributed by atoms with van der Waals surface area (Å²) >= 11 is 0. The predicted molar refractivity (Wildman–Crippen MR) is 100 cm³/mol. The number of methoxy groups -OCH3 is 2. The smallest absolute Gasteiger partial charge is 0.251 e. The predicted octanol–water partition coefficient (Wildman–Crippen LogP) is 2.91. The van der Waals surface area contributed by atoms with E-state index in [4.69, 9.17) is 19.9 Å². The third-order valence-electron chi connectivity index (χ3n) is 3.35. The second kappa shape index (κ2) is 10.3. The third-order valence-corrected chi connectivity index (χ3v) is 3.35. The Balaban J connectivity index is 0.00000312. The molecule has 2 aromatic rings. The lowest BCUT2D eigenvalue weighted by Gasteiger charge is -2.10. The van der Waals surface area contributed by atoms with E-state index in [1.807, 2.05) is 0 Å². The van der Waals surface area contributed by atoms with Crippen LogP contribution in [0.15, 0.2) is 42.5 Å². The molecule has 0 fully saturated rings. The van der Waals surface area contributed by atoms with Gasteiger partial charge in [-0.3, -0.25) is 4.79 Å². The molecule has 0 saturated carbocycles. The third kappa shape index (κ3) is 6.43. The topological polar surface area (TPSA) is 82.8 Å². The van der Waals surface area contributed by atoms with Crippen LogP contribution >= 0.6 is 12.4 Å². The van der Waals surface area contributed by atoms with E-state index >= 15 is 0 Å². The fraction of sp³-hybridized carbons (Fsp3) is 0.278. The first kappa shape index (κ1) is 20.4. The molecule has 25 heavy (non-hydrogen) atoms. The number of anilines is 1. The molecule has 0 radical (unpaired) electrons. The number of rotatable bonds is 8. The Morgan fingerprint density at radius 1 is 1.04 bits per heavy atom. The number of hydrogen-bond acceptors (Lipinski definition) is 5. The van der Waals surface area contributed by atoms with E-state index in [1.165, 1.54) is 0 Å². The summed E-state index contributed by atoms with van der Waals surface area (Å²) in [6.45, 7) is 0.974. The summed E-state index contributed by atoms with van der Waals surface area (Å²) in [6, 6.07) is 12.2. The normalized spacial score (nSPS) is 9.68. The van der Waals surface area contributed by atoms with Crippen LogP contribution in [0.4, 0.5) is 5.69 Å². The zero-order chi connectivity index (χ0) is 17.4. The number of nitrogens with one attached hydrogen (secondary N) is 1. The number of nitrogens with two attached hydrogens (primary N) is 1. The average Bonchev–Trinajstić information content (AvgIpc) is 2.60. The molecule has 6 nitrogen and oxygen atoms in total. The van der Waals surface area contributed by atoms with Crippen LogP contribution in [0.1, 0.15) is 16.8 Å². The van der Waals surface area contributed by atoms with Gasteiger partial charge in [0.1, 0.15) is 17.2 Å². The molecule has 0 bridgehead atoms. The van der Waals surface area contributed by atoms with Crippen molar-refractivity contribution >= 4 is 24.0 Å². The summed E-state index contributed by atoms with van der Waals surface area (Å²) in [7, 11) is 3.18. The second-order valence-corrected chi connectivity index (χ2v) is 5.13. The average molecular weight is 367 g/mol. The van der Waals surface area contributed by atoms with Crippen molar-refractivity contribution in [2.24, 2.45) is 0 Å². The minimum Gasteiger partial charge on any atom is -0.496 e. The highest BCUT2D eigenvalue weighted by atomic mass is 35.5. The van der Waals surface area contributed by atoms with Gasteiger partial charge in [-0.2, -0.15) is 0 Å². The van der Waals surface area contributed by atoms with Gasteiger partial charge in [0.15, 0.2) is 0 Å². The lowest BCUT2D eigenvalue weighted by Crippen LogP contribution is -2.25. The molecule has 0 spiro atoms. The molecule has 0 saturated heterocycles. The van der Waals surface area contributed by atoms with Crippen molar-refractivity contribution in [1.29, 1.82) is 0 Å². The van der Waals surface area contributed by atoms with Gasteiger partial charge in [-0.25, -0.2) is 0 Å². The molecule has 7 heteroatoms. The zero-order valence-corrected chi connectivity index (χ0v) is 15.1. The number of nitrogen functional groups attached to an aromatic ring is 1. The Labute approximate surface area is 153 Å². The Morgan fingerprint density at radius 2 is 1.68 bits per heavy atom. The van der Waals surface area contributed by atoms with E-state index in [0.717, 1.165) is 0 Å². The number of hydrogen-bond donors (Lipinski definition) is 2. The van der Waals surface area contributed by atoms with Crippen molar-refractivity contribution in [2.75, 3.05) is 33.1 Å². The summed E-state index contributed by atoms with van der Waals surface area (Å²) in [5.74, 6) is 1.84. The van der Waals surface area contributed by atoms with E-state index < -0.39 is 0 Å². The van der Waals surface area contributed by atoms with Crippen LogP contribution in [0, 0.1) is 0 Å². The van der Waals surface area contributed by atoms with Gasteiger partial charge in [0.25, 0.3) is 5.91 Å². The molecule has 1 amide bonds. The summed E-state index contributed by atoms with van der Waals surface area (Å²) in [6.07, 6.45) is 0.674. The van der Waals surface area contributed by atoms with Crippen molar-refractivity contribution in [1.82, 2.24) is 5.32 Å². The summed E-state index contributed by atoms with van der Waals surface area (Å²) in [5.41, 5.74) is 6.78. The van der Waals surface area contributed by atoms with Gasteiger partial charge in [0.05, 0.1) is 20.8 Å². The van der Waals surface area contributed by atoms with Crippen molar-refractivity contribution < 1.29 is 19.0 Å². The van der Waals surface area contributed by atoms with Crippen LogP contribution in [0.3, 0.4) is 0 Å². The SMILES string of the molecule is COc1cc(OC)cc(OCCCNC(=O)c2cccc(N)c2)c1.Cl. The molecule has 0 aliphatic carbocycles. The molecule has 0 heterocycles. The monoisotopic (exact) mass is 366 g/mol. The molecule has 0 unspecified atom stereocenters. The van der Waals surface area contributed by atoms with Crippen molar-refractivity contribution in [3.05, 3.63) is 48.0 Å². The van der Waals surface area contributed by atoms with Gasteiger partial charge in [-0.15, -0.1) is 12.4 Å². The minimum absolute atomic E-state index is 0. The number of ether oxygens (including phenoxy) is 3. The molecule has 3 N–H and O–H groups in total. The van der Waals surface area contributed by atoms with Gasteiger partial charge in [0, 0.05) is 36.0 Å². The molecular formula is C18H23ClN2O4. The Bertz CT molecular complexity index is 672. The van der Waals surface area contributed by atoms with Crippen molar-refractivity contribution in [2.45, 2.75) is 6.42 Å². The Morgan fingerprint density at radius 3 is 2.28 bits per heavy atom. The second-order valence-electron chi connectivity index (χ2n) is 5.13. The highest BCUT2D eigenvalue weighted by Gasteiger charge is 2.05. The molecule has 0 aromatic heterocycles. The molecule has 2 rings (SSSR count). The summed E-state index contributed by atoms with van der Waals surface area (Å²) in [4.78, 5) is 12.0. The van der Waals surface area contributed by atoms with E-state index in [0.29, 0.717) is 48.1 Å². The van der Waals surface area contributed by atoms with Crippen LogP contribution in [0.25, 0.3) is 0 Å². The van der Waals surface area contributed by atoms with Gasteiger partial charge in [-0.1, -0.05) is 6.07 Å². The van der Waals surface area contributed by atoms with E-state index in [9.17, 15) is 4.79 Å². The maximum Gasteiger partial charge on any atom is 0.251 e. The highest BCUT2D eigenvalue weighted by molar-refractivity contribution is 5.94. The Kier molecular flexibility index (Phi) is 8.43. The molecular weight excluding hydrogens is 344 g/mol. The fourth-order valence-corrected chi connectivity index (χ4v) is 2.11. The Hall–Kier alpha value is -2.60. The number of amides is 1. The number of halogens is 1. The molecule has 136 valence electrons. The lowest BCUT2D eigenvalue weighted by molar-refractivity contribution is 0.0951. The van der Waals surface area contributed by atoms with Crippen molar-refractivity contribution in [3.63, 3.8) is 0 Å². The largest absolute Gasteiger partial charge is 0.496 e. The van der Waals surface area contributed by atoms with E-state index in [1.54, 1.807) is 56.7 Å². The molecule has 2 aromatic carbocycles. The maximum atomic E-state index is 12.0. The van der Waals surface area contributed by atoms with Crippen LogP contribution in [0.2, 0.25) is 0 Å². The summed E-state index contributed by atoms with van der Waals surface area (Å²) < 4.78 is 16.0. The van der Waals surface area contributed by atoms with Gasteiger partial charge < -0.3 is 25.3 Å². The van der Waals surface area contributed by atoms with E-state index in [-0.39, 0.29) is 18.3 Å². The quantitative estimate of drug-likeness (QED) is 0.554. The zero-order valence-electron chi connectivity index (χ0n) is 14.3. The lowest BCUT2D eigenvalue weighted by atomic mass is 10.2. The molecule has 0 aliphatic rings. The van der Waals surface area contributed by atoms with Crippen LogP contribution in [-0.4, -0.2) is 33.3 Å². The van der Waals surface area contributed by atoms with Gasteiger partial charge in [-0.05, 0) is 24.6 Å². The molecule has 0 aliphatic heterocycles. The van der Waals surface area contributed by atoms with Crippen molar-refractivity contribution in [3.8, 4) is 17.2 Å². The number of carbonyl (C=O) groups excluding carboxylic acids is 1. The number of benzene rings is 2. The highest BCUT2D eigenvalue weighted by Crippen LogP contribution is 2.27. The first-order chi connectivity index (χ1) is 11.6. The maximum absolute atomic E-state index is 12.0. The number of carbonyl (C=O) groups is 1. The van der Waals surface area contributed by atoms with Crippen LogP contribution < -0.4 is 25.3 Å². The fourth-order valence-electron chi connectivity index (χ4n) is 2.11. The first-order valence-corrected chi connectivity index (χ1v) is 7.62. The van der Waals surface area contributed by atoms with Gasteiger partial charge in [0.2, 0.25) is 0 Å². The first-order valence-electron chi connectivity index (χ1n) is 7.62. The molecule has 0 atom stereocenters. The van der Waals surface area contributed by atoms with Crippen LogP contribution in [-0.2, 0) is 0 Å².